The van der Waals surface area contributed by atoms with Crippen LogP contribution in [0.1, 0.15) is 54.9 Å². The van der Waals surface area contributed by atoms with Gasteiger partial charge in [-0.3, -0.25) is 4.79 Å². The summed E-state index contributed by atoms with van der Waals surface area (Å²) in [6, 6.07) is 0. The lowest BCUT2D eigenvalue weighted by Gasteiger charge is -2.39. The maximum Gasteiger partial charge on any atom is 0.193 e. The highest BCUT2D eigenvalue weighted by Crippen LogP contribution is 2.38. The van der Waals surface area contributed by atoms with E-state index < -0.39 is 16.6 Å². The molecular formula is C17H38O3Si2. The summed E-state index contributed by atoms with van der Waals surface area (Å²) in [6.45, 7) is 24.4. The van der Waals surface area contributed by atoms with E-state index in [-0.39, 0.29) is 22.0 Å². The normalized spacial score (nSPS) is 15.8. The molecule has 0 rings (SSSR count). The Morgan fingerprint density at radius 1 is 0.909 bits per heavy atom. The van der Waals surface area contributed by atoms with Crippen LogP contribution in [0.4, 0.5) is 0 Å². The minimum Gasteiger partial charge on any atom is -0.417 e. The zero-order valence-electron chi connectivity index (χ0n) is 16.7. The van der Waals surface area contributed by atoms with Gasteiger partial charge in [0, 0.05) is 13.0 Å². The molecule has 0 N–H and O–H groups in total. The molecule has 0 aromatic carbocycles. The standard InChI is InChI=1S/C17H38O3Si2/c1-14(18)15(20-22(10,11)17(5,6)7)12-13-19-21(8,9)16(2,3)4/h15H,12-13H2,1-11H3. The van der Waals surface area contributed by atoms with Crippen molar-refractivity contribution in [1.82, 2.24) is 0 Å². The molecule has 22 heavy (non-hydrogen) atoms. The van der Waals surface area contributed by atoms with Crippen molar-refractivity contribution in [2.45, 2.75) is 97.3 Å². The minimum absolute atomic E-state index is 0.112. The van der Waals surface area contributed by atoms with Crippen molar-refractivity contribution in [1.29, 1.82) is 0 Å². The van der Waals surface area contributed by atoms with Crippen LogP contribution in [0.5, 0.6) is 0 Å². The van der Waals surface area contributed by atoms with Gasteiger partial charge in [-0.15, -0.1) is 0 Å². The molecule has 0 aromatic rings. The molecule has 0 aliphatic rings. The monoisotopic (exact) mass is 346 g/mol. The Kier molecular flexibility index (Phi) is 7.29. The number of hydrogen-bond acceptors (Lipinski definition) is 3. The maximum absolute atomic E-state index is 12.0. The van der Waals surface area contributed by atoms with Crippen LogP contribution >= 0.6 is 0 Å². The van der Waals surface area contributed by atoms with Gasteiger partial charge in [0.25, 0.3) is 0 Å². The van der Waals surface area contributed by atoms with E-state index >= 15 is 0 Å². The molecule has 1 unspecified atom stereocenters. The fourth-order valence-corrected chi connectivity index (χ4v) is 3.93. The third-order valence-corrected chi connectivity index (χ3v) is 14.4. The summed E-state index contributed by atoms with van der Waals surface area (Å²) in [4.78, 5) is 12.0. The summed E-state index contributed by atoms with van der Waals surface area (Å²) >= 11 is 0. The second kappa shape index (κ2) is 7.28. The fraction of sp³-hybridized carbons (Fsp3) is 0.941. The topological polar surface area (TPSA) is 35.5 Å². The molecule has 0 aliphatic heterocycles. The Morgan fingerprint density at radius 2 is 1.32 bits per heavy atom. The van der Waals surface area contributed by atoms with Crippen molar-refractivity contribution in [3.8, 4) is 0 Å². The number of hydrogen-bond donors (Lipinski definition) is 0. The van der Waals surface area contributed by atoms with Crippen LogP contribution in [0.15, 0.2) is 0 Å². The van der Waals surface area contributed by atoms with E-state index in [1.54, 1.807) is 6.92 Å². The first-order valence-electron chi connectivity index (χ1n) is 8.33. The molecule has 0 saturated heterocycles. The molecule has 3 nitrogen and oxygen atoms in total. The Bertz CT molecular complexity index is 376. The number of ketones is 1. The SMILES string of the molecule is CC(=O)C(CCO[Si](C)(C)C(C)(C)C)O[Si](C)(C)C(C)(C)C. The number of rotatable bonds is 7. The van der Waals surface area contributed by atoms with Gasteiger partial charge in [-0.2, -0.15) is 0 Å². The van der Waals surface area contributed by atoms with E-state index in [2.05, 4.69) is 67.7 Å². The van der Waals surface area contributed by atoms with Crippen LogP contribution in [-0.2, 0) is 13.6 Å². The number of Topliss-reactive ketones (excluding diaryl/α,β-unsaturated/α-hetero) is 1. The van der Waals surface area contributed by atoms with Crippen LogP contribution in [-0.4, -0.2) is 35.1 Å². The summed E-state index contributed by atoms with van der Waals surface area (Å²) in [7, 11) is -3.69. The molecule has 132 valence electrons. The van der Waals surface area contributed by atoms with Gasteiger partial charge in [0.2, 0.25) is 0 Å². The van der Waals surface area contributed by atoms with E-state index in [0.717, 1.165) is 0 Å². The van der Waals surface area contributed by atoms with E-state index in [9.17, 15) is 4.79 Å². The molecule has 0 heterocycles. The lowest BCUT2D eigenvalue weighted by Crippen LogP contribution is -2.46. The molecule has 1 atom stereocenters. The third kappa shape index (κ3) is 6.26. The summed E-state index contributed by atoms with van der Waals surface area (Å²) in [6.07, 6.45) is 0.333. The van der Waals surface area contributed by atoms with E-state index in [1.807, 2.05) is 0 Å². The van der Waals surface area contributed by atoms with Crippen LogP contribution in [0, 0.1) is 0 Å². The zero-order chi connectivity index (χ0) is 18.0. The molecular weight excluding hydrogens is 308 g/mol. The Hall–Kier alpha value is 0.0238. The lowest BCUT2D eigenvalue weighted by atomic mass is 10.2. The molecule has 0 saturated carbocycles. The van der Waals surface area contributed by atoms with Crippen LogP contribution in [0.2, 0.25) is 36.3 Å². The molecule has 0 spiro atoms. The first-order chi connectivity index (χ1) is 9.51. The van der Waals surface area contributed by atoms with Crippen molar-refractivity contribution in [3.05, 3.63) is 0 Å². The fourth-order valence-electron chi connectivity index (χ4n) is 1.52. The summed E-state index contributed by atoms with van der Waals surface area (Å²) in [5, 5.41) is 0.306. The van der Waals surface area contributed by atoms with Crippen LogP contribution in [0.3, 0.4) is 0 Å². The second-order valence-electron chi connectivity index (χ2n) is 9.37. The molecule has 0 fully saturated rings. The predicted octanol–water partition coefficient (Wildman–Crippen LogP) is 5.38. The average Bonchev–Trinajstić information content (AvgIpc) is 2.23. The van der Waals surface area contributed by atoms with E-state index in [1.165, 1.54) is 0 Å². The Balaban J connectivity index is 4.74. The smallest absolute Gasteiger partial charge is 0.193 e. The number of carbonyl (C=O) groups excluding carboxylic acids is 1. The zero-order valence-corrected chi connectivity index (χ0v) is 18.7. The summed E-state index contributed by atoms with van der Waals surface area (Å²) in [5.74, 6) is 0.114. The highest BCUT2D eigenvalue weighted by atomic mass is 28.4. The van der Waals surface area contributed by atoms with Crippen molar-refractivity contribution in [2.75, 3.05) is 6.61 Å². The average molecular weight is 347 g/mol. The minimum atomic E-state index is -1.93. The Labute approximate surface area is 140 Å². The van der Waals surface area contributed by atoms with Gasteiger partial charge >= 0.3 is 0 Å². The lowest BCUT2D eigenvalue weighted by molar-refractivity contribution is -0.124. The largest absolute Gasteiger partial charge is 0.417 e. The quantitative estimate of drug-likeness (QED) is 0.581. The predicted molar refractivity (Wildman–Crippen MR) is 101 cm³/mol. The first kappa shape index (κ1) is 22.0. The van der Waals surface area contributed by atoms with Gasteiger partial charge in [-0.05, 0) is 43.2 Å². The van der Waals surface area contributed by atoms with Gasteiger partial charge in [0.15, 0.2) is 22.4 Å². The Morgan fingerprint density at radius 3 is 1.64 bits per heavy atom. The molecule has 5 heteroatoms. The highest BCUT2D eigenvalue weighted by molar-refractivity contribution is 6.74. The van der Waals surface area contributed by atoms with E-state index in [4.69, 9.17) is 8.85 Å². The molecule has 0 aliphatic carbocycles. The maximum atomic E-state index is 12.0. The van der Waals surface area contributed by atoms with Crippen molar-refractivity contribution >= 4 is 22.4 Å². The van der Waals surface area contributed by atoms with Crippen molar-refractivity contribution in [3.63, 3.8) is 0 Å². The third-order valence-electron chi connectivity index (χ3n) is 5.35. The molecule has 0 radical (unpaired) electrons. The molecule has 0 amide bonds. The van der Waals surface area contributed by atoms with Gasteiger partial charge in [0.1, 0.15) is 6.10 Å². The summed E-state index contributed by atoms with van der Waals surface area (Å²) in [5.41, 5.74) is 0. The number of carbonyl (C=O) groups is 1. The van der Waals surface area contributed by atoms with Gasteiger partial charge in [-0.25, -0.2) is 0 Å². The van der Waals surface area contributed by atoms with Gasteiger partial charge in [-0.1, -0.05) is 41.5 Å². The van der Waals surface area contributed by atoms with Gasteiger partial charge in [0.05, 0.1) is 0 Å². The first-order valence-corrected chi connectivity index (χ1v) is 14.2. The summed E-state index contributed by atoms with van der Waals surface area (Å²) < 4.78 is 12.5. The van der Waals surface area contributed by atoms with Crippen molar-refractivity contribution < 1.29 is 13.6 Å². The molecule has 0 aromatic heterocycles. The second-order valence-corrected chi connectivity index (χ2v) is 18.9. The van der Waals surface area contributed by atoms with Crippen LogP contribution < -0.4 is 0 Å². The van der Waals surface area contributed by atoms with E-state index in [0.29, 0.717) is 13.0 Å². The molecule has 0 bridgehead atoms. The highest BCUT2D eigenvalue weighted by Gasteiger charge is 2.41. The van der Waals surface area contributed by atoms with Crippen LogP contribution in [0.25, 0.3) is 0 Å². The van der Waals surface area contributed by atoms with Gasteiger partial charge < -0.3 is 8.85 Å². The van der Waals surface area contributed by atoms with Crippen molar-refractivity contribution in [2.24, 2.45) is 0 Å².